The fraction of sp³-hybridized carbons (Fsp3) is 0.400. The van der Waals surface area contributed by atoms with Gasteiger partial charge in [-0.15, -0.1) is 0 Å². The van der Waals surface area contributed by atoms with Crippen LogP contribution >= 0.6 is 11.6 Å². The van der Waals surface area contributed by atoms with E-state index < -0.39 is 17.1 Å². The number of halogens is 2. The lowest BCUT2D eigenvalue weighted by Gasteiger charge is -2.28. The number of fused-ring (bicyclic) bond motifs is 1. The van der Waals surface area contributed by atoms with Crippen molar-refractivity contribution in [2.45, 2.75) is 43.7 Å². The Morgan fingerprint density at radius 1 is 1.11 bits per heavy atom. The van der Waals surface area contributed by atoms with Crippen LogP contribution < -0.4 is 11.2 Å². The van der Waals surface area contributed by atoms with Crippen molar-refractivity contribution in [3.63, 3.8) is 0 Å². The molecule has 2 atom stereocenters. The fourth-order valence-corrected chi connectivity index (χ4v) is 5.04. The molecular formula is C25H24ClFN6O3. The van der Waals surface area contributed by atoms with E-state index in [1.165, 1.54) is 30.8 Å². The SMILES string of the molecule is Cn1c(=O)c2nc([C@H]3CCO[C@@H](c4cnn(C5CC5)c4)C3)nc(-c3ccc(Cl)cc3F)c2n(C)c1=O. The molecule has 186 valence electrons. The van der Waals surface area contributed by atoms with Crippen LogP contribution in [0.4, 0.5) is 4.39 Å². The summed E-state index contributed by atoms with van der Waals surface area (Å²) in [4.78, 5) is 35.2. The third-order valence-electron chi connectivity index (χ3n) is 7.07. The van der Waals surface area contributed by atoms with Gasteiger partial charge in [0.25, 0.3) is 5.56 Å². The number of aryl methyl sites for hydroxylation is 1. The molecule has 4 aromatic rings. The largest absolute Gasteiger partial charge is 0.373 e. The summed E-state index contributed by atoms with van der Waals surface area (Å²) in [5, 5.41) is 4.71. The van der Waals surface area contributed by atoms with E-state index >= 15 is 4.39 Å². The molecule has 3 aromatic heterocycles. The van der Waals surface area contributed by atoms with Gasteiger partial charge in [-0.2, -0.15) is 5.10 Å². The fourth-order valence-electron chi connectivity index (χ4n) is 4.88. The second-order valence-electron chi connectivity index (χ2n) is 9.52. The van der Waals surface area contributed by atoms with Crippen molar-refractivity contribution in [1.29, 1.82) is 0 Å². The van der Waals surface area contributed by atoms with Crippen molar-refractivity contribution in [2.75, 3.05) is 6.61 Å². The summed E-state index contributed by atoms with van der Waals surface area (Å²) in [5.41, 5.74) is 0.479. The van der Waals surface area contributed by atoms with Crippen LogP contribution in [0.2, 0.25) is 5.02 Å². The smallest absolute Gasteiger partial charge is 0.331 e. The van der Waals surface area contributed by atoms with Crippen molar-refractivity contribution in [3.05, 3.63) is 73.7 Å². The molecule has 36 heavy (non-hydrogen) atoms. The number of ether oxygens (including phenoxy) is 1. The van der Waals surface area contributed by atoms with E-state index in [1.54, 1.807) is 6.07 Å². The number of rotatable bonds is 4. The molecule has 0 unspecified atom stereocenters. The third-order valence-corrected chi connectivity index (χ3v) is 7.30. The van der Waals surface area contributed by atoms with E-state index in [1.807, 2.05) is 17.1 Å². The maximum Gasteiger partial charge on any atom is 0.331 e. The van der Waals surface area contributed by atoms with Gasteiger partial charge in [0.1, 0.15) is 22.9 Å². The minimum Gasteiger partial charge on any atom is -0.373 e. The van der Waals surface area contributed by atoms with Crippen molar-refractivity contribution in [3.8, 4) is 11.3 Å². The minimum atomic E-state index is -0.598. The average molecular weight is 511 g/mol. The predicted molar refractivity (Wildman–Crippen MR) is 132 cm³/mol. The molecule has 0 spiro atoms. The standard InChI is InChI=1S/C25H24ClFN6O3/c1-31-22-20(17-6-3-15(26)10-18(17)27)29-23(30-21(22)24(34)32(2)25(31)35)13-7-8-36-19(9-13)14-11-28-33(12-14)16-4-5-16/h3,6,10-13,16,19H,4-5,7-9H2,1-2H3/t13-,19+/m0/s1. The molecule has 1 saturated heterocycles. The van der Waals surface area contributed by atoms with Gasteiger partial charge < -0.3 is 4.74 Å². The van der Waals surface area contributed by atoms with Gasteiger partial charge in [0, 0.05) is 49.0 Å². The van der Waals surface area contributed by atoms with Gasteiger partial charge in [0.15, 0.2) is 5.52 Å². The highest BCUT2D eigenvalue weighted by molar-refractivity contribution is 6.30. The van der Waals surface area contributed by atoms with Crippen molar-refractivity contribution in [2.24, 2.45) is 14.1 Å². The maximum absolute atomic E-state index is 15.1. The zero-order valence-corrected chi connectivity index (χ0v) is 20.6. The molecule has 1 aliphatic carbocycles. The Morgan fingerprint density at radius 3 is 2.67 bits per heavy atom. The Kier molecular flexibility index (Phi) is 5.53. The quantitative estimate of drug-likeness (QED) is 0.416. The maximum atomic E-state index is 15.1. The zero-order chi connectivity index (χ0) is 25.1. The van der Waals surface area contributed by atoms with Crippen LogP contribution in [0.1, 0.15) is 55.1 Å². The molecule has 1 aromatic carbocycles. The molecule has 6 rings (SSSR count). The summed E-state index contributed by atoms with van der Waals surface area (Å²) in [7, 11) is 2.92. The highest BCUT2D eigenvalue weighted by Crippen LogP contribution is 2.39. The van der Waals surface area contributed by atoms with Crippen LogP contribution in [0.15, 0.2) is 40.2 Å². The molecular weight excluding hydrogens is 487 g/mol. The van der Waals surface area contributed by atoms with Crippen LogP contribution in [0, 0.1) is 5.82 Å². The van der Waals surface area contributed by atoms with Gasteiger partial charge in [-0.05, 0) is 43.9 Å². The van der Waals surface area contributed by atoms with Gasteiger partial charge in [0.05, 0.1) is 18.3 Å². The Bertz CT molecular complexity index is 1620. The summed E-state index contributed by atoms with van der Waals surface area (Å²) in [5.74, 6) is -0.308. The summed E-state index contributed by atoms with van der Waals surface area (Å²) in [6, 6.07) is 4.71. The first-order valence-electron chi connectivity index (χ1n) is 11.9. The van der Waals surface area contributed by atoms with E-state index in [2.05, 4.69) is 10.1 Å². The summed E-state index contributed by atoms with van der Waals surface area (Å²) in [6.45, 7) is 0.487. The van der Waals surface area contributed by atoms with Crippen molar-refractivity contribution < 1.29 is 9.13 Å². The van der Waals surface area contributed by atoms with Crippen molar-refractivity contribution >= 4 is 22.6 Å². The minimum absolute atomic E-state index is 0.0681. The molecule has 0 bridgehead atoms. The highest BCUT2D eigenvalue weighted by Gasteiger charge is 2.31. The van der Waals surface area contributed by atoms with E-state index in [9.17, 15) is 9.59 Å². The first-order chi connectivity index (χ1) is 17.3. The summed E-state index contributed by atoms with van der Waals surface area (Å²) < 4.78 is 25.4. The number of nitrogens with zero attached hydrogens (tertiary/aromatic N) is 6. The molecule has 0 N–H and O–H groups in total. The third kappa shape index (κ3) is 3.84. The van der Waals surface area contributed by atoms with Crippen molar-refractivity contribution in [1.82, 2.24) is 28.9 Å². The Morgan fingerprint density at radius 2 is 1.92 bits per heavy atom. The second kappa shape index (κ2) is 8.63. The summed E-state index contributed by atoms with van der Waals surface area (Å²) in [6.07, 6.45) is 7.21. The van der Waals surface area contributed by atoms with Gasteiger partial charge in [0.2, 0.25) is 0 Å². The lowest BCUT2D eigenvalue weighted by Crippen LogP contribution is -2.38. The molecule has 2 aliphatic rings. The monoisotopic (exact) mass is 510 g/mol. The normalized spacial score (nSPS) is 20.2. The number of hydrogen-bond donors (Lipinski definition) is 0. The first-order valence-corrected chi connectivity index (χ1v) is 12.3. The molecule has 0 amide bonds. The highest BCUT2D eigenvalue weighted by atomic mass is 35.5. The number of hydrogen-bond acceptors (Lipinski definition) is 6. The lowest BCUT2D eigenvalue weighted by atomic mass is 9.92. The number of benzene rings is 1. The van der Waals surface area contributed by atoms with E-state index in [-0.39, 0.29) is 39.3 Å². The molecule has 11 heteroatoms. The topological polar surface area (TPSA) is 96.8 Å². The van der Waals surface area contributed by atoms with Gasteiger partial charge in [-0.25, -0.2) is 19.2 Å². The van der Waals surface area contributed by atoms with Gasteiger partial charge in [-0.3, -0.25) is 18.6 Å². The molecule has 1 aliphatic heterocycles. The predicted octanol–water partition coefficient (Wildman–Crippen LogP) is 3.65. The molecule has 2 fully saturated rings. The van der Waals surface area contributed by atoms with Crippen LogP contribution in [-0.4, -0.2) is 35.5 Å². The average Bonchev–Trinajstić information content (AvgIpc) is 3.61. The first kappa shape index (κ1) is 23.1. The van der Waals surface area contributed by atoms with Crippen LogP contribution in [0.25, 0.3) is 22.3 Å². The van der Waals surface area contributed by atoms with E-state index in [4.69, 9.17) is 21.3 Å². The molecule has 9 nitrogen and oxygen atoms in total. The van der Waals surface area contributed by atoms with Gasteiger partial charge in [-0.1, -0.05) is 11.6 Å². The Hall–Kier alpha value is -3.37. The Balaban J connectivity index is 1.49. The number of aromatic nitrogens is 6. The lowest BCUT2D eigenvalue weighted by molar-refractivity contribution is 0.00396. The van der Waals surface area contributed by atoms with Crippen LogP contribution in [-0.2, 0) is 18.8 Å². The van der Waals surface area contributed by atoms with Crippen LogP contribution in [0.5, 0.6) is 0 Å². The molecule has 1 saturated carbocycles. The Labute approximate surface area is 210 Å². The second-order valence-corrected chi connectivity index (χ2v) is 9.96. The molecule has 0 radical (unpaired) electrons. The zero-order valence-electron chi connectivity index (χ0n) is 19.8. The van der Waals surface area contributed by atoms with Crippen LogP contribution in [0.3, 0.4) is 0 Å². The molecule has 4 heterocycles. The summed E-state index contributed by atoms with van der Waals surface area (Å²) >= 11 is 5.98. The van der Waals surface area contributed by atoms with E-state index in [0.717, 1.165) is 23.0 Å². The van der Waals surface area contributed by atoms with Gasteiger partial charge >= 0.3 is 5.69 Å². The van der Waals surface area contributed by atoms with E-state index in [0.29, 0.717) is 31.3 Å².